The first-order chi connectivity index (χ1) is 8.86. The maximum Gasteiger partial charge on any atom is 0.153 e. The average Bonchev–Trinajstić information content (AvgIpc) is 3.11. The molecule has 0 radical (unpaired) electrons. The van der Waals surface area contributed by atoms with Crippen molar-refractivity contribution in [3.05, 3.63) is 12.2 Å². The van der Waals surface area contributed by atoms with E-state index >= 15 is 0 Å². The van der Waals surface area contributed by atoms with Crippen LogP contribution in [0.25, 0.3) is 0 Å². The smallest absolute Gasteiger partial charge is 0.153 e. The third-order valence-electron chi connectivity index (χ3n) is 4.64. The van der Waals surface area contributed by atoms with E-state index in [4.69, 9.17) is 0 Å². The minimum atomic E-state index is 0.105. The molecule has 4 nitrogen and oxygen atoms in total. The second kappa shape index (κ2) is 5.00. The lowest BCUT2D eigenvalue weighted by atomic mass is 9.90. The molecule has 1 atom stereocenters. The molecular weight excluding hydrogens is 224 g/mol. The monoisotopic (exact) mass is 248 g/mol. The molecule has 1 aliphatic heterocycles. The second-order valence-corrected chi connectivity index (χ2v) is 5.86. The zero-order valence-corrected chi connectivity index (χ0v) is 11.4. The van der Waals surface area contributed by atoms with Crippen LogP contribution in [0.2, 0.25) is 0 Å². The first-order valence-electron chi connectivity index (χ1n) is 7.51. The summed E-state index contributed by atoms with van der Waals surface area (Å²) in [5, 5.41) is 12.4. The SMILES string of the molecule is CCCC1(c2nncn2C2CCCC2)CCCN1. The summed E-state index contributed by atoms with van der Waals surface area (Å²) >= 11 is 0. The van der Waals surface area contributed by atoms with Crippen molar-refractivity contribution in [2.24, 2.45) is 0 Å². The van der Waals surface area contributed by atoms with Gasteiger partial charge in [-0.15, -0.1) is 10.2 Å². The molecule has 0 amide bonds. The molecule has 1 unspecified atom stereocenters. The molecule has 1 aliphatic carbocycles. The predicted octanol–water partition coefficient (Wildman–Crippen LogP) is 2.77. The Hall–Kier alpha value is -0.900. The van der Waals surface area contributed by atoms with E-state index in [1.54, 1.807) is 0 Å². The molecule has 18 heavy (non-hydrogen) atoms. The van der Waals surface area contributed by atoms with Crippen LogP contribution in [0.3, 0.4) is 0 Å². The van der Waals surface area contributed by atoms with Crippen LogP contribution in [0, 0.1) is 0 Å². The van der Waals surface area contributed by atoms with Gasteiger partial charge < -0.3 is 9.88 Å². The molecule has 1 saturated heterocycles. The number of nitrogens with zero attached hydrogens (tertiary/aromatic N) is 3. The average molecular weight is 248 g/mol. The van der Waals surface area contributed by atoms with Crippen LogP contribution in [0.5, 0.6) is 0 Å². The van der Waals surface area contributed by atoms with Gasteiger partial charge in [-0.3, -0.25) is 0 Å². The van der Waals surface area contributed by atoms with Crippen LogP contribution in [0.1, 0.15) is 70.2 Å². The lowest BCUT2D eigenvalue weighted by Gasteiger charge is -2.30. The third-order valence-corrected chi connectivity index (χ3v) is 4.64. The summed E-state index contributed by atoms with van der Waals surface area (Å²) in [6, 6.07) is 0.645. The van der Waals surface area contributed by atoms with E-state index < -0.39 is 0 Å². The lowest BCUT2D eigenvalue weighted by molar-refractivity contribution is 0.308. The zero-order valence-electron chi connectivity index (χ0n) is 11.4. The maximum atomic E-state index is 4.48. The number of hydrogen-bond acceptors (Lipinski definition) is 3. The number of aromatic nitrogens is 3. The molecule has 0 aromatic carbocycles. The molecule has 100 valence electrons. The quantitative estimate of drug-likeness (QED) is 0.891. The van der Waals surface area contributed by atoms with Crippen LogP contribution in [0.15, 0.2) is 6.33 Å². The molecule has 2 heterocycles. The van der Waals surface area contributed by atoms with Gasteiger partial charge in [-0.25, -0.2) is 0 Å². The Kier molecular flexibility index (Phi) is 3.37. The molecule has 2 aliphatic rings. The fourth-order valence-corrected chi connectivity index (χ4v) is 3.78. The second-order valence-electron chi connectivity index (χ2n) is 5.86. The first kappa shape index (κ1) is 12.2. The molecular formula is C14H24N4. The van der Waals surface area contributed by atoms with Crippen LogP contribution >= 0.6 is 0 Å². The molecule has 4 heteroatoms. The highest BCUT2D eigenvalue weighted by Crippen LogP contribution is 2.38. The predicted molar refractivity (Wildman–Crippen MR) is 71.3 cm³/mol. The molecule has 2 fully saturated rings. The highest BCUT2D eigenvalue weighted by atomic mass is 15.3. The molecule has 1 saturated carbocycles. The van der Waals surface area contributed by atoms with Gasteiger partial charge in [0.2, 0.25) is 0 Å². The summed E-state index contributed by atoms with van der Waals surface area (Å²) < 4.78 is 2.38. The van der Waals surface area contributed by atoms with E-state index in [1.807, 2.05) is 6.33 Å². The van der Waals surface area contributed by atoms with Gasteiger partial charge in [-0.1, -0.05) is 26.2 Å². The zero-order chi connectivity index (χ0) is 12.4. The lowest BCUT2D eigenvalue weighted by Crippen LogP contribution is -2.39. The third kappa shape index (κ3) is 1.96. The molecule has 1 aromatic heterocycles. The van der Waals surface area contributed by atoms with Crippen LogP contribution in [0.4, 0.5) is 0 Å². The Bertz CT molecular complexity index is 386. The fraction of sp³-hybridized carbons (Fsp3) is 0.857. The molecule has 1 aromatic rings. The summed E-state index contributed by atoms with van der Waals surface area (Å²) in [5.74, 6) is 1.20. The van der Waals surface area contributed by atoms with E-state index in [0.717, 1.165) is 6.54 Å². The summed E-state index contributed by atoms with van der Waals surface area (Å²) in [7, 11) is 0. The topological polar surface area (TPSA) is 42.7 Å². The molecule has 1 N–H and O–H groups in total. The first-order valence-corrected chi connectivity index (χ1v) is 7.51. The minimum Gasteiger partial charge on any atom is -0.313 e. The summed E-state index contributed by atoms with van der Waals surface area (Å²) in [6.07, 6.45) is 12.1. The Morgan fingerprint density at radius 3 is 2.89 bits per heavy atom. The summed E-state index contributed by atoms with van der Waals surface area (Å²) in [6.45, 7) is 3.38. The summed E-state index contributed by atoms with van der Waals surface area (Å²) in [4.78, 5) is 0. The largest absolute Gasteiger partial charge is 0.313 e. The maximum absolute atomic E-state index is 4.48. The van der Waals surface area contributed by atoms with Crippen LogP contribution < -0.4 is 5.32 Å². The molecule has 0 spiro atoms. The van der Waals surface area contributed by atoms with Crippen LogP contribution in [-0.2, 0) is 5.54 Å². The van der Waals surface area contributed by atoms with E-state index in [-0.39, 0.29) is 5.54 Å². The van der Waals surface area contributed by atoms with Crippen LogP contribution in [-0.4, -0.2) is 21.3 Å². The van der Waals surface area contributed by atoms with E-state index in [9.17, 15) is 0 Å². The highest BCUT2D eigenvalue weighted by Gasteiger charge is 2.39. The number of nitrogens with one attached hydrogen (secondary N) is 1. The van der Waals surface area contributed by atoms with E-state index in [2.05, 4.69) is 27.0 Å². The van der Waals surface area contributed by atoms with E-state index in [0.29, 0.717) is 6.04 Å². The Balaban J connectivity index is 1.92. The number of rotatable bonds is 4. The van der Waals surface area contributed by atoms with Crippen molar-refractivity contribution in [3.8, 4) is 0 Å². The van der Waals surface area contributed by atoms with Gasteiger partial charge in [-0.2, -0.15) is 0 Å². The standard InChI is InChI=1S/C14H24N4/c1-2-8-14(9-5-10-15-14)13-17-16-11-18(13)12-6-3-4-7-12/h11-12,15H,2-10H2,1H3. The molecule has 3 rings (SSSR count). The van der Waals surface area contributed by atoms with E-state index in [1.165, 1.54) is 57.2 Å². The van der Waals surface area contributed by atoms with Gasteiger partial charge in [0.25, 0.3) is 0 Å². The van der Waals surface area contributed by atoms with Crippen molar-refractivity contribution in [2.45, 2.75) is 69.9 Å². The van der Waals surface area contributed by atoms with Gasteiger partial charge in [0.1, 0.15) is 6.33 Å². The van der Waals surface area contributed by atoms with Gasteiger partial charge >= 0.3 is 0 Å². The normalized spacial score (nSPS) is 29.2. The van der Waals surface area contributed by atoms with Crippen molar-refractivity contribution < 1.29 is 0 Å². The minimum absolute atomic E-state index is 0.105. The Morgan fingerprint density at radius 1 is 1.39 bits per heavy atom. The fourth-order valence-electron chi connectivity index (χ4n) is 3.78. The van der Waals surface area contributed by atoms with Gasteiger partial charge in [0, 0.05) is 6.04 Å². The summed E-state index contributed by atoms with van der Waals surface area (Å²) in [5.41, 5.74) is 0.105. The van der Waals surface area contributed by atoms with Gasteiger partial charge in [0.15, 0.2) is 5.82 Å². The highest BCUT2D eigenvalue weighted by molar-refractivity contribution is 5.10. The van der Waals surface area contributed by atoms with Crippen molar-refractivity contribution in [1.29, 1.82) is 0 Å². The Morgan fingerprint density at radius 2 is 2.22 bits per heavy atom. The van der Waals surface area contributed by atoms with Gasteiger partial charge in [-0.05, 0) is 38.6 Å². The molecule has 0 bridgehead atoms. The van der Waals surface area contributed by atoms with Crippen molar-refractivity contribution >= 4 is 0 Å². The van der Waals surface area contributed by atoms with Crippen molar-refractivity contribution in [3.63, 3.8) is 0 Å². The van der Waals surface area contributed by atoms with Crippen molar-refractivity contribution in [2.75, 3.05) is 6.54 Å². The van der Waals surface area contributed by atoms with Gasteiger partial charge in [0.05, 0.1) is 5.54 Å². The number of hydrogen-bond donors (Lipinski definition) is 1. The van der Waals surface area contributed by atoms with Crippen molar-refractivity contribution in [1.82, 2.24) is 20.1 Å². The Labute approximate surface area is 109 Å².